The van der Waals surface area contributed by atoms with Crippen molar-refractivity contribution in [3.05, 3.63) is 34.0 Å². The number of hydrogen-bond acceptors (Lipinski definition) is 6. The van der Waals surface area contributed by atoms with Crippen LogP contribution in [0.3, 0.4) is 0 Å². The number of anilines is 1. The summed E-state index contributed by atoms with van der Waals surface area (Å²) >= 11 is 1.46. The predicted molar refractivity (Wildman–Crippen MR) is 97.0 cm³/mol. The number of nitriles is 1. The van der Waals surface area contributed by atoms with Gasteiger partial charge in [-0.2, -0.15) is 10.4 Å². The number of hydrogen-bond donors (Lipinski definition) is 1. The number of carbonyl (C=O) groups is 2. The number of rotatable bonds is 4. The fourth-order valence-electron chi connectivity index (χ4n) is 2.97. The number of nitrogens with zero attached hydrogens (tertiary/aromatic N) is 3. The zero-order valence-corrected chi connectivity index (χ0v) is 15.6. The first kappa shape index (κ1) is 18.1. The lowest BCUT2D eigenvalue weighted by atomic mass is 10.1. The Bertz CT molecular complexity index is 878. The highest BCUT2D eigenvalue weighted by Gasteiger charge is 2.24. The van der Waals surface area contributed by atoms with Crippen LogP contribution in [0.4, 0.5) is 5.00 Å². The van der Waals surface area contributed by atoms with Crippen molar-refractivity contribution in [2.24, 2.45) is 7.05 Å². The molecule has 2 heterocycles. The zero-order valence-electron chi connectivity index (χ0n) is 14.7. The highest BCUT2D eigenvalue weighted by atomic mass is 32.1. The number of ether oxygens (including phenoxy) is 1. The third kappa shape index (κ3) is 3.78. The minimum absolute atomic E-state index is 0.285. The van der Waals surface area contributed by atoms with E-state index < -0.39 is 18.0 Å². The summed E-state index contributed by atoms with van der Waals surface area (Å²) in [5, 5.41) is 16.7. The van der Waals surface area contributed by atoms with Crippen LogP contribution in [0, 0.1) is 11.3 Å². The molecule has 8 heteroatoms. The van der Waals surface area contributed by atoms with Crippen LogP contribution >= 0.6 is 11.3 Å². The minimum atomic E-state index is -0.976. The monoisotopic (exact) mass is 372 g/mol. The maximum absolute atomic E-state index is 12.4. The molecule has 0 bridgehead atoms. The van der Waals surface area contributed by atoms with Gasteiger partial charge in [-0.1, -0.05) is 6.42 Å². The molecule has 1 aliphatic carbocycles. The lowest BCUT2D eigenvalue weighted by Gasteiger charge is -2.12. The molecule has 136 valence electrons. The van der Waals surface area contributed by atoms with Crippen LogP contribution < -0.4 is 5.32 Å². The molecule has 0 spiro atoms. The summed E-state index contributed by atoms with van der Waals surface area (Å²) in [5.74, 6) is -1.06. The van der Waals surface area contributed by atoms with E-state index >= 15 is 0 Å². The van der Waals surface area contributed by atoms with Gasteiger partial charge in [0.25, 0.3) is 5.91 Å². The summed E-state index contributed by atoms with van der Waals surface area (Å²) in [6.07, 6.45) is 7.07. The number of nitrogens with one attached hydrogen (secondary N) is 1. The second-order valence-corrected chi connectivity index (χ2v) is 7.43. The topological polar surface area (TPSA) is 97.0 Å². The van der Waals surface area contributed by atoms with Gasteiger partial charge >= 0.3 is 5.97 Å². The highest BCUT2D eigenvalue weighted by Crippen LogP contribution is 2.37. The lowest BCUT2D eigenvalue weighted by molar-refractivity contribution is -0.123. The third-order valence-corrected chi connectivity index (χ3v) is 5.57. The molecule has 0 aliphatic heterocycles. The van der Waals surface area contributed by atoms with Crippen LogP contribution in [0.15, 0.2) is 12.4 Å². The number of fused-ring (bicyclic) bond motifs is 1. The first-order valence-corrected chi connectivity index (χ1v) is 9.36. The van der Waals surface area contributed by atoms with E-state index in [1.54, 1.807) is 7.05 Å². The highest BCUT2D eigenvalue weighted by molar-refractivity contribution is 7.16. The second-order valence-electron chi connectivity index (χ2n) is 6.32. The molecule has 0 saturated heterocycles. The van der Waals surface area contributed by atoms with Crippen molar-refractivity contribution < 1.29 is 14.3 Å². The van der Waals surface area contributed by atoms with Crippen molar-refractivity contribution in [3.63, 3.8) is 0 Å². The average molecular weight is 372 g/mol. The van der Waals surface area contributed by atoms with E-state index in [-0.39, 0.29) is 5.56 Å². The summed E-state index contributed by atoms with van der Waals surface area (Å²) in [6.45, 7) is 1.51. The first-order chi connectivity index (χ1) is 12.5. The van der Waals surface area contributed by atoms with Crippen LogP contribution in [0.5, 0.6) is 0 Å². The van der Waals surface area contributed by atoms with E-state index in [9.17, 15) is 14.9 Å². The van der Waals surface area contributed by atoms with Crippen molar-refractivity contribution in [1.29, 1.82) is 5.26 Å². The molecule has 1 atom stereocenters. The molecule has 2 aromatic heterocycles. The van der Waals surface area contributed by atoms with Crippen molar-refractivity contribution in [2.75, 3.05) is 5.32 Å². The summed E-state index contributed by atoms with van der Waals surface area (Å²) in [4.78, 5) is 25.6. The van der Waals surface area contributed by atoms with Gasteiger partial charge in [0.2, 0.25) is 0 Å². The van der Waals surface area contributed by atoms with Crippen molar-refractivity contribution in [2.45, 2.75) is 45.1 Å². The van der Waals surface area contributed by atoms with Gasteiger partial charge in [-0.05, 0) is 38.2 Å². The summed E-state index contributed by atoms with van der Waals surface area (Å²) in [5.41, 5.74) is 1.89. The van der Waals surface area contributed by atoms with Gasteiger partial charge in [-0.3, -0.25) is 9.48 Å². The number of esters is 1. The molecule has 0 radical (unpaired) electrons. The first-order valence-electron chi connectivity index (χ1n) is 8.54. The normalized spacial score (nSPS) is 14.7. The Morgan fingerprint density at radius 3 is 2.85 bits per heavy atom. The Morgan fingerprint density at radius 2 is 2.15 bits per heavy atom. The maximum atomic E-state index is 12.4. The van der Waals surface area contributed by atoms with Gasteiger partial charge in [0.1, 0.15) is 11.1 Å². The van der Waals surface area contributed by atoms with Crippen molar-refractivity contribution >= 4 is 28.2 Å². The molecule has 0 aromatic carbocycles. The molecule has 1 aliphatic rings. The average Bonchev–Trinajstić information content (AvgIpc) is 3.10. The fourth-order valence-corrected chi connectivity index (χ4v) is 4.21. The van der Waals surface area contributed by atoms with Crippen LogP contribution in [0.2, 0.25) is 0 Å². The van der Waals surface area contributed by atoms with Crippen LogP contribution in [0.25, 0.3) is 0 Å². The molecule has 7 nitrogen and oxygen atoms in total. The van der Waals surface area contributed by atoms with E-state index in [1.807, 2.05) is 0 Å². The molecule has 26 heavy (non-hydrogen) atoms. The van der Waals surface area contributed by atoms with Gasteiger partial charge in [0.05, 0.1) is 17.3 Å². The van der Waals surface area contributed by atoms with E-state index in [0.717, 1.165) is 37.7 Å². The molecular formula is C18H20N4O3S. The largest absolute Gasteiger partial charge is 0.449 e. The zero-order chi connectivity index (χ0) is 18.7. The van der Waals surface area contributed by atoms with Crippen LogP contribution in [-0.2, 0) is 29.4 Å². The number of amides is 1. The number of aromatic nitrogens is 2. The van der Waals surface area contributed by atoms with E-state index in [1.165, 1.54) is 40.2 Å². The van der Waals surface area contributed by atoms with Gasteiger partial charge in [0, 0.05) is 18.1 Å². The van der Waals surface area contributed by atoms with E-state index in [4.69, 9.17) is 4.74 Å². The Balaban J connectivity index is 1.69. The van der Waals surface area contributed by atoms with Gasteiger partial charge in [-0.25, -0.2) is 4.79 Å². The van der Waals surface area contributed by atoms with E-state index in [2.05, 4.69) is 16.5 Å². The Morgan fingerprint density at radius 1 is 1.38 bits per heavy atom. The fraction of sp³-hybridized carbons (Fsp3) is 0.444. The van der Waals surface area contributed by atoms with Crippen molar-refractivity contribution in [1.82, 2.24) is 9.78 Å². The standard InChI is InChI=1S/C18H20N4O3S/c1-11(25-18(24)12-9-20-22(2)10-12)16(23)21-17-14(8-19)13-6-4-3-5-7-15(13)26-17/h9-11H,3-7H2,1-2H3,(H,21,23). The molecule has 1 unspecified atom stereocenters. The maximum Gasteiger partial charge on any atom is 0.342 e. The number of carbonyl (C=O) groups excluding carboxylic acids is 2. The molecule has 1 N–H and O–H groups in total. The summed E-state index contributed by atoms with van der Waals surface area (Å²) < 4.78 is 6.68. The Kier molecular flexibility index (Phi) is 5.38. The molecule has 1 amide bonds. The van der Waals surface area contributed by atoms with Crippen LogP contribution in [0.1, 0.15) is 52.5 Å². The summed E-state index contributed by atoms with van der Waals surface area (Å²) in [7, 11) is 1.69. The Labute approximate surface area is 155 Å². The second kappa shape index (κ2) is 7.70. The third-order valence-electron chi connectivity index (χ3n) is 4.36. The molecular weight excluding hydrogens is 352 g/mol. The smallest absolute Gasteiger partial charge is 0.342 e. The van der Waals surface area contributed by atoms with Crippen molar-refractivity contribution in [3.8, 4) is 6.07 Å². The van der Waals surface area contributed by atoms with Gasteiger partial charge < -0.3 is 10.1 Å². The molecule has 0 saturated carbocycles. The minimum Gasteiger partial charge on any atom is -0.449 e. The quantitative estimate of drug-likeness (QED) is 0.657. The molecule has 2 aromatic rings. The van der Waals surface area contributed by atoms with E-state index in [0.29, 0.717) is 10.6 Å². The predicted octanol–water partition coefficient (Wildman–Crippen LogP) is 2.81. The number of thiophene rings is 1. The SMILES string of the molecule is CC(OC(=O)c1cnn(C)c1)C(=O)Nc1sc2c(c1C#N)CCCCC2. The molecule has 0 fully saturated rings. The number of aryl methyl sites for hydroxylation is 2. The Hall–Kier alpha value is -2.66. The van der Waals surface area contributed by atoms with Gasteiger partial charge in [-0.15, -0.1) is 11.3 Å². The van der Waals surface area contributed by atoms with Gasteiger partial charge in [0.15, 0.2) is 6.10 Å². The summed E-state index contributed by atoms with van der Waals surface area (Å²) in [6, 6.07) is 2.22. The molecule has 3 rings (SSSR count). The van der Waals surface area contributed by atoms with Crippen LogP contribution in [-0.4, -0.2) is 27.8 Å². The lowest BCUT2D eigenvalue weighted by Crippen LogP contribution is -2.29.